The normalized spacial score (nSPS) is 26.2. The van der Waals surface area contributed by atoms with Gasteiger partial charge in [-0.05, 0) is 13.0 Å². The van der Waals surface area contributed by atoms with Crippen LogP contribution in [0.25, 0.3) is 0 Å². The summed E-state index contributed by atoms with van der Waals surface area (Å²) in [5.74, 6) is -0.374. The topological polar surface area (TPSA) is 67.8 Å². The lowest BCUT2D eigenvalue weighted by molar-refractivity contribution is -0.118. The SMILES string of the molecule is CC1=CC(N)C(=O)N=N1. The second kappa shape index (κ2) is 2.06. The van der Waals surface area contributed by atoms with Crippen molar-refractivity contribution in [1.29, 1.82) is 0 Å². The van der Waals surface area contributed by atoms with Crippen LogP contribution in [0.2, 0.25) is 0 Å². The van der Waals surface area contributed by atoms with E-state index >= 15 is 0 Å². The molecule has 1 atom stereocenters. The van der Waals surface area contributed by atoms with Crippen LogP contribution in [0.3, 0.4) is 0 Å². The van der Waals surface area contributed by atoms with Crippen molar-refractivity contribution >= 4 is 5.91 Å². The van der Waals surface area contributed by atoms with E-state index in [1.165, 1.54) is 0 Å². The molecular formula is C5H7N3O. The van der Waals surface area contributed by atoms with Crippen LogP contribution in [0.15, 0.2) is 22.0 Å². The van der Waals surface area contributed by atoms with Crippen LogP contribution in [-0.2, 0) is 4.79 Å². The van der Waals surface area contributed by atoms with Crippen molar-refractivity contribution < 1.29 is 4.79 Å². The van der Waals surface area contributed by atoms with Gasteiger partial charge in [-0.1, -0.05) is 0 Å². The van der Waals surface area contributed by atoms with Gasteiger partial charge in [0, 0.05) is 0 Å². The number of nitrogens with zero attached hydrogens (tertiary/aromatic N) is 2. The van der Waals surface area contributed by atoms with Crippen LogP contribution >= 0.6 is 0 Å². The van der Waals surface area contributed by atoms with Crippen molar-refractivity contribution in [3.63, 3.8) is 0 Å². The third kappa shape index (κ3) is 1.20. The second-order valence-corrected chi connectivity index (χ2v) is 1.87. The van der Waals surface area contributed by atoms with Gasteiger partial charge >= 0.3 is 0 Å². The fraction of sp³-hybridized carbons (Fsp3) is 0.400. The van der Waals surface area contributed by atoms with Gasteiger partial charge in [0.2, 0.25) is 0 Å². The molecule has 0 aliphatic carbocycles. The number of hydrogen-bond donors (Lipinski definition) is 1. The summed E-state index contributed by atoms with van der Waals surface area (Å²) >= 11 is 0. The summed E-state index contributed by atoms with van der Waals surface area (Å²) in [4.78, 5) is 10.5. The smallest absolute Gasteiger partial charge is 0.285 e. The first-order valence-corrected chi connectivity index (χ1v) is 2.60. The zero-order valence-corrected chi connectivity index (χ0v) is 5.03. The number of amides is 1. The summed E-state index contributed by atoms with van der Waals surface area (Å²) in [6.45, 7) is 1.75. The molecule has 0 aromatic rings. The van der Waals surface area contributed by atoms with Gasteiger partial charge in [-0.25, -0.2) is 0 Å². The van der Waals surface area contributed by atoms with E-state index in [-0.39, 0.29) is 5.91 Å². The molecule has 4 heteroatoms. The van der Waals surface area contributed by atoms with E-state index in [9.17, 15) is 4.79 Å². The van der Waals surface area contributed by atoms with Crippen molar-refractivity contribution in [3.8, 4) is 0 Å². The molecule has 1 aliphatic rings. The Bertz CT molecular complexity index is 194. The van der Waals surface area contributed by atoms with E-state index < -0.39 is 6.04 Å². The summed E-state index contributed by atoms with van der Waals surface area (Å²) in [6, 6.07) is -0.581. The maximum absolute atomic E-state index is 10.5. The van der Waals surface area contributed by atoms with Crippen LogP contribution in [-0.4, -0.2) is 11.9 Å². The maximum atomic E-state index is 10.5. The summed E-state index contributed by atoms with van der Waals surface area (Å²) < 4.78 is 0. The standard InChI is InChI=1S/C5H7N3O/c1-3-2-4(6)5(9)8-7-3/h2,4H,6H2,1H3. The quantitative estimate of drug-likeness (QED) is 0.502. The first-order valence-electron chi connectivity index (χ1n) is 2.60. The van der Waals surface area contributed by atoms with Crippen LogP contribution in [0.4, 0.5) is 0 Å². The first kappa shape index (κ1) is 6.10. The lowest BCUT2D eigenvalue weighted by atomic mass is 10.2. The minimum Gasteiger partial charge on any atom is -0.317 e. The number of hydrogen-bond acceptors (Lipinski definition) is 3. The molecule has 2 N–H and O–H groups in total. The molecule has 0 saturated carbocycles. The third-order valence-corrected chi connectivity index (χ3v) is 1.01. The number of carbonyl (C=O) groups is 1. The Labute approximate surface area is 52.5 Å². The molecule has 0 spiro atoms. The van der Waals surface area contributed by atoms with Crippen LogP contribution < -0.4 is 5.73 Å². The molecule has 0 radical (unpaired) electrons. The van der Waals surface area contributed by atoms with Crippen LogP contribution in [0.5, 0.6) is 0 Å². The highest BCUT2D eigenvalue weighted by Gasteiger charge is 2.13. The lowest BCUT2D eigenvalue weighted by Crippen LogP contribution is -2.28. The van der Waals surface area contributed by atoms with Gasteiger partial charge < -0.3 is 5.73 Å². The van der Waals surface area contributed by atoms with E-state index in [0.717, 1.165) is 0 Å². The number of nitrogens with two attached hydrogens (primary N) is 1. The number of rotatable bonds is 0. The van der Waals surface area contributed by atoms with Crippen molar-refractivity contribution in [3.05, 3.63) is 11.8 Å². The maximum Gasteiger partial charge on any atom is 0.285 e. The predicted octanol–water partition coefficient (Wildman–Crippen LogP) is 0.210. The zero-order chi connectivity index (χ0) is 6.85. The Kier molecular flexibility index (Phi) is 1.40. The van der Waals surface area contributed by atoms with Gasteiger partial charge in [-0.2, -0.15) is 5.11 Å². The van der Waals surface area contributed by atoms with E-state index in [1.54, 1.807) is 13.0 Å². The summed E-state index contributed by atoms with van der Waals surface area (Å²) in [7, 11) is 0. The molecule has 48 valence electrons. The monoisotopic (exact) mass is 125 g/mol. The molecule has 0 saturated heterocycles. The molecule has 1 unspecified atom stereocenters. The third-order valence-electron chi connectivity index (χ3n) is 1.01. The summed E-state index contributed by atoms with van der Waals surface area (Å²) in [5, 5.41) is 6.80. The zero-order valence-electron chi connectivity index (χ0n) is 5.03. The number of carbonyl (C=O) groups excluding carboxylic acids is 1. The van der Waals surface area contributed by atoms with E-state index in [0.29, 0.717) is 5.70 Å². The highest BCUT2D eigenvalue weighted by molar-refractivity contribution is 5.84. The van der Waals surface area contributed by atoms with Gasteiger partial charge in [-0.3, -0.25) is 4.79 Å². The molecular weight excluding hydrogens is 118 g/mol. The molecule has 1 heterocycles. The Morgan fingerprint density at radius 2 is 2.33 bits per heavy atom. The lowest BCUT2D eigenvalue weighted by Gasteiger charge is -2.04. The van der Waals surface area contributed by atoms with E-state index in [4.69, 9.17) is 5.73 Å². The highest BCUT2D eigenvalue weighted by atomic mass is 16.2. The van der Waals surface area contributed by atoms with Crippen molar-refractivity contribution in [2.75, 3.05) is 0 Å². The Morgan fingerprint density at radius 1 is 1.67 bits per heavy atom. The van der Waals surface area contributed by atoms with Crippen LogP contribution in [0, 0.1) is 0 Å². The van der Waals surface area contributed by atoms with Gasteiger partial charge in [0.1, 0.15) is 6.04 Å². The average molecular weight is 125 g/mol. The summed E-state index contributed by atoms with van der Waals surface area (Å²) in [5.41, 5.74) is 5.99. The minimum atomic E-state index is -0.581. The van der Waals surface area contributed by atoms with Crippen molar-refractivity contribution in [1.82, 2.24) is 0 Å². The second-order valence-electron chi connectivity index (χ2n) is 1.87. The van der Waals surface area contributed by atoms with Gasteiger partial charge in [-0.15, -0.1) is 5.11 Å². The number of allylic oxidation sites excluding steroid dienone is 1. The van der Waals surface area contributed by atoms with Crippen molar-refractivity contribution in [2.24, 2.45) is 16.0 Å². The Hall–Kier alpha value is -1.03. The Balaban J connectivity index is 2.82. The van der Waals surface area contributed by atoms with Crippen molar-refractivity contribution in [2.45, 2.75) is 13.0 Å². The molecule has 0 fully saturated rings. The molecule has 0 aromatic carbocycles. The number of azo groups is 1. The minimum absolute atomic E-state index is 0.374. The fourth-order valence-electron chi connectivity index (χ4n) is 0.559. The first-order chi connectivity index (χ1) is 4.20. The molecule has 0 aromatic heterocycles. The molecule has 1 rings (SSSR count). The van der Waals surface area contributed by atoms with E-state index in [1.807, 2.05) is 0 Å². The van der Waals surface area contributed by atoms with E-state index in [2.05, 4.69) is 10.2 Å². The molecule has 0 bridgehead atoms. The van der Waals surface area contributed by atoms with Gasteiger partial charge in [0.15, 0.2) is 0 Å². The molecule has 4 nitrogen and oxygen atoms in total. The largest absolute Gasteiger partial charge is 0.317 e. The average Bonchev–Trinajstić information content (AvgIpc) is 1.80. The molecule has 9 heavy (non-hydrogen) atoms. The fourth-order valence-corrected chi connectivity index (χ4v) is 0.559. The van der Waals surface area contributed by atoms with Gasteiger partial charge in [0.05, 0.1) is 5.70 Å². The van der Waals surface area contributed by atoms with Crippen LogP contribution in [0.1, 0.15) is 6.92 Å². The Morgan fingerprint density at radius 3 is 2.78 bits per heavy atom. The molecule has 1 aliphatic heterocycles. The highest BCUT2D eigenvalue weighted by Crippen LogP contribution is 2.04. The van der Waals surface area contributed by atoms with Gasteiger partial charge in [0.25, 0.3) is 5.91 Å². The molecule has 1 amide bonds. The predicted molar refractivity (Wildman–Crippen MR) is 31.6 cm³/mol. The summed E-state index contributed by atoms with van der Waals surface area (Å²) in [6.07, 6.45) is 1.58.